The van der Waals surface area contributed by atoms with Crippen LogP contribution >= 0.6 is 15.9 Å². The fraction of sp³-hybridized carbons (Fsp3) is 0. The molecule has 0 fully saturated rings. The van der Waals surface area contributed by atoms with Gasteiger partial charge in [-0.05, 0) is 28.1 Å². The number of benzene rings is 1. The van der Waals surface area contributed by atoms with Gasteiger partial charge in [0.1, 0.15) is 0 Å². The number of anilines is 1. The van der Waals surface area contributed by atoms with Crippen LogP contribution in [-0.4, -0.2) is 15.9 Å². The van der Waals surface area contributed by atoms with E-state index in [1.807, 2.05) is 6.07 Å². The van der Waals surface area contributed by atoms with E-state index in [1.165, 1.54) is 0 Å². The molecule has 0 radical (unpaired) electrons. The second-order valence-electron chi connectivity index (χ2n) is 3.05. The summed E-state index contributed by atoms with van der Waals surface area (Å²) in [4.78, 5) is 19.6. The van der Waals surface area contributed by atoms with Crippen molar-refractivity contribution in [2.75, 3.05) is 5.32 Å². The Hall–Kier alpha value is -1.75. The zero-order valence-electron chi connectivity index (χ0n) is 8.22. The molecule has 0 aliphatic rings. The summed E-state index contributed by atoms with van der Waals surface area (Å²) in [5.74, 6) is 0.0694. The van der Waals surface area contributed by atoms with Crippen molar-refractivity contribution in [3.05, 3.63) is 52.8 Å². The third-order valence-corrected chi connectivity index (χ3v) is 2.29. The zero-order valence-corrected chi connectivity index (χ0v) is 9.81. The lowest BCUT2D eigenvalue weighted by Gasteiger charge is -2.02. The van der Waals surface area contributed by atoms with Crippen LogP contribution in [0.2, 0.25) is 0 Å². The van der Waals surface area contributed by atoms with Crippen LogP contribution < -0.4 is 5.32 Å². The lowest BCUT2D eigenvalue weighted by atomic mass is 10.2. The number of rotatable bonds is 2. The molecule has 0 bridgehead atoms. The molecular formula is C11H8BrN3O. The predicted octanol–water partition coefficient (Wildman–Crippen LogP) is 2.49. The molecule has 2 rings (SSSR count). The minimum absolute atomic E-state index is 0.220. The van der Waals surface area contributed by atoms with Gasteiger partial charge in [0, 0.05) is 18.0 Å². The van der Waals surface area contributed by atoms with Gasteiger partial charge in [-0.2, -0.15) is 0 Å². The van der Waals surface area contributed by atoms with E-state index in [-0.39, 0.29) is 11.9 Å². The van der Waals surface area contributed by atoms with Gasteiger partial charge < -0.3 is 0 Å². The van der Waals surface area contributed by atoms with E-state index in [1.54, 1.807) is 36.7 Å². The average Bonchev–Trinajstić information content (AvgIpc) is 2.33. The van der Waals surface area contributed by atoms with Crippen LogP contribution in [0.25, 0.3) is 0 Å². The maximum Gasteiger partial charge on any atom is 0.258 e. The molecule has 0 atom stereocenters. The molecule has 0 spiro atoms. The average molecular weight is 278 g/mol. The molecule has 1 aromatic heterocycles. The van der Waals surface area contributed by atoms with Crippen LogP contribution in [0.5, 0.6) is 0 Å². The Balaban J connectivity index is 2.11. The number of carbonyl (C=O) groups is 1. The van der Waals surface area contributed by atoms with Crippen molar-refractivity contribution in [3.63, 3.8) is 0 Å². The van der Waals surface area contributed by atoms with E-state index in [0.717, 1.165) is 4.47 Å². The zero-order chi connectivity index (χ0) is 11.4. The summed E-state index contributed by atoms with van der Waals surface area (Å²) in [5.41, 5.74) is 0.578. The van der Waals surface area contributed by atoms with Gasteiger partial charge in [-0.15, -0.1) is 0 Å². The molecular weight excluding hydrogens is 270 g/mol. The molecule has 1 heterocycles. The number of carbonyl (C=O) groups excluding carboxylic acids is 1. The number of hydrogen-bond donors (Lipinski definition) is 1. The first kappa shape index (κ1) is 10.8. The van der Waals surface area contributed by atoms with Gasteiger partial charge in [0.05, 0.1) is 4.47 Å². The van der Waals surface area contributed by atoms with Crippen LogP contribution in [-0.2, 0) is 0 Å². The van der Waals surface area contributed by atoms with E-state index in [4.69, 9.17) is 0 Å². The predicted molar refractivity (Wildman–Crippen MR) is 64.1 cm³/mol. The summed E-state index contributed by atoms with van der Waals surface area (Å²) in [6.07, 6.45) is 3.15. The molecule has 0 aliphatic carbocycles. The fourth-order valence-corrected chi connectivity index (χ4v) is 1.34. The van der Waals surface area contributed by atoms with Crippen LogP contribution in [0.1, 0.15) is 10.4 Å². The Bertz CT molecular complexity index is 484. The SMILES string of the molecule is O=C(Nc1ncc(Br)cn1)c1ccccc1. The fourth-order valence-electron chi connectivity index (χ4n) is 1.14. The van der Waals surface area contributed by atoms with E-state index >= 15 is 0 Å². The number of halogens is 1. The van der Waals surface area contributed by atoms with Crippen molar-refractivity contribution in [3.8, 4) is 0 Å². The summed E-state index contributed by atoms with van der Waals surface area (Å²) in [6, 6.07) is 8.92. The minimum atomic E-state index is -0.220. The molecule has 1 amide bonds. The Morgan fingerprint density at radius 2 is 1.75 bits per heavy atom. The van der Waals surface area contributed by atoms with Crippen molar-refractivity contribution < 1.29 is 4.79 Å². The quantitative estimate of drug-likeness (QED) is 0.918. The summed E-state index contributed by atoms with van der Waals surface area (Å²) >= 11 is 3.22. The first-order chi connectivity index (χ1) is 7.75. The summed E-state index contributed by atoms with van der Waals surface area (Å²) < 4.78 is 0.769. The third-order valence-electron chi connectivity index (χ3n) is 1.88. The highest BCUT2D eigenvalue weighted by Crippen LogP contribution is 2.08. The first-order valence-corrected chi connectivity index (χ1v) is 5.39. The van der Waals surface area contributed by atoms with Crippen LogP contribution in [0.15, 0.2) is 47.2 Å². The number of nitrogens with one attached hydrogen (secondary N) is 1. The molecule has 1 aromatic carbocycles. The molecule has 0 saturated heterocycles. The van der Waals surface area contributed by atoms with Crippen molar-refractivity contribution in [1.29, 1.82) is 0 Å². The maximum absolute atomic E-state index is 11.7. The minimum Gasteiger partial charge on any atom is -0.290 e. The summed E-state index contributed by atoms with van der Waals surface area (Å²) in [5, 5.41) is 2.60. The molecule has 0 aliphatic heterocycles. The normalized spacial score (nSPS) is 9.81. The number of hydrogen-bond acceptors (Lipinski definition) is 3. The highest BCUT2D eigenvalue weighted by atomic mass is 79.9. The van der Waals surface area contributed by atoms with E-state index < -0.39 is 0 Å². The lowest BCUT2D eigenvalue weighted by molar-refractivity contribution is 0.102. The van der Waals surface area contributed by atoms with Gasteiger partial charge in [-0.25, -0.2) is 9.97 Å². The second kappa shape index (κ2) is 4.85. The largest absolute Gasteiger partial charge is 0.290 e. The topological polar surface area (TPSA) is 54.9 Å². The monoisotopic (exact) mass is 277 g/mol. The van der Waals surface area contributed by atoms with Gasteiger partial charge in [0.2, 0.25) is 5.95 Å². The van der Waals surface area contributed by atoms with Crippen LogP contribution in [0, 0.1) is 0 Å². The Morgan fingerprint density at radius 1 is 1.12 bits per heavy atom. The number of aromatic nitrogens is 2. The Morgan fingerprint density at radius 3 is 2.38 bits per heavy atom. The van der Waals surface area contributed by atoms with Gasteiger partial charge in [0.15, 0.2) is 0 Å². The Kier molecular flexibility index (Phi) is 3.26. The van der Waals surface area contributed by atoms with Crippen LogP contribution in [0.3, 0.4) is 0 Å². The maximum atomic E-state index is 11.7. The molecule has 16 heavy (non-hydrogen) atoms. The molecule has 80 valence electrons. The Labute approximate surface area is 101 Å². The van der Waals surface area contributed by atoms with E-state index in [9.17, 15) is 4.79 Å². The van der Waals surface area contributed by atoms with E-state index in [2.05, 4.69) is 31.2 Å². The number of amides is 1. The van der Waals surface area contributed by atoms with Crippen molar-refractivity contribution >= 4 is 27.8 Å². The van der Waals surface area contributed by atoms with E-state index in [0.29, 0.717) is 5.56 Å². The molecule has 0 unspecified atom stereocenters. The highest BCUT2D eigenvalue weighted by molar-refractivity contribution is 9.10. The summed E-state index contributed by atoms with van der Waals surface area (Å²) in [6.45, 7) is 0. The van der Waals surface area contributed by atoms with Crippen molar-refractivity contribution in [1.82, 2.24) is 9.97 Å². The molecule has 1 N–H and O–H groups in total. The summed E-state index contributed by atoms with van der Waals surface area (Å²) in [7, 11) is 0. The van der Waals surface area contributed by atoms with Crippen molar-refractivity contribution in [2.24, 2.45) is 0 Å². The standard InChI is InChI=1S/C11H8BrN3O/c12-9-6-13-11(14-7-9)15-10(16)8-4-2-1-3-5-8/h1-7H,(H,13,14,15,16). The van der Waals surface area contributed by atoms with Crippen molar-refractivity contribution in [2.45, 2.75) is 0 Å². The lowest BCUT2D eigenvalue weighted by Crippen LogP contribution is -2.13. The van der Waals surface area contributed by atoms with Gasteiger partial charge in [-0.3, -0.25) is 10.1 Å². The number of nitrogens with zero attached hydrogens (tertiary/aromatic N) is 2. The smallest absolute Gasteiger partial charge is 0.258 e. The van der Waals surface area contributed by atoms with Crippen LogP contribution in [0.4, 0.5) is 5.95 Å². The van der Waals surface area contributed by atoms with Gasteiger partial charge in [0.25, 0.3) is 5.91 Å². The first-order valence-electron chi connectivity index (χ1n) is 4.59. The second-order valence-corrected chi connectivity index (χ2v) is 3.96. The third kappa shape index (κ3) is 2.64. The molecule has 5 heteroatoms. The van der Waals surface area contributed by atoms with Gasteiger partial charge >= 0.3 is 0 Å². The molecule has 0 saturated carbocycles. The molecule has 2 aromatic rings. The molecule has 4 nitrogen and oxygen atoms in total. The highest BCUT2D eigenvalue weighted by Gasteiger charge is 2.06. The van der Waals surface area contributed by atoms with Gasteiger partial charge in [-0.1, -0.05) is 18.2 Å².